The van der Waals surface area contributed by atoms with Crippen LogP contribution in [0.1, 0.15) is 21.8 Å². The van der Waals surface area contributed by atoms with Gasteiger partial charge in [-0.3, -0.25) is 9.69 Å². The Bertz CT molecular complexity index is 1200. The summed E-state index contributed by atoms with van der Waals surface area (Å²) in [7, 11) is 1.99. The smallest absolute Gasteiger partial charge is 0.279 e. The molecule has 4 heterocycles. The summed E-state index contributed by atoms with van der Waals surface area (Å²) < 4.78 is 5.45. The number of aryl methyl sites for hydroxylation is 1. The quantitative estimate of drug-likeness (QED) is 0.499. The molecule has 146 valence electrons. The molecule has 0 spiro atoms. The van der Waals surface area contributed by atoms with Crippen molar-refractivity contribution in [1.82, 2.24) is 15.0 Å². The van der Waals surface area contributed by atoms with E-state index in [2.05, 4.69) is 9.88 Å². The van der Waals surface area contributed by atoms with Crippen molar-refractivity contribution in [2.75, 3.05) is 29.9 Å². The maximum atomic E-state index is 13.5. The van der Waals surface area contributed by atoms with Crippen molar-refractivity contribution in [2.24, 2.45) is 0 Å². The minimum atomic E-state index is -0.155. The summed E-state index contributed by atoms with van der Waals surface area (Å²) in [5.41, 5.74) is 2.02. The van der Waals surface area contributed by atoms with E-state index in [1.807, 2.05) is 50.4 Å². The van der Waals surface area contributed by atoms with E-state index in [0.717, 1.165) is 28.9 Å². The number of hydrogen-bond donors (Lipinski definition) is 0. The molecule has 0 fully saturated rings. The molecule has 3 aromatic heterocycles. The number of carbonyl (C=O) groups excluding carboxylic acids is 1. The van der Waals surface area contributed by atoms with Gasteiger partial charge in [0.1, 0.15) is 5.69 Å². The summed E-state index contributed by atoms with van der Waals surface area (Å²) in [5.74, 6) is 1.81. The van der Waals surface area contributed by atoms with Crippen LogP contribution >= 0.6 is 11.3 Å². The standard InChI is InChI=1S/C21H19N5O2S/c1-13-17(24-20(29-13)16-9-5-12-28-16)21(27)26-11-6-10-25(2)18-19(26)23-15-8-4-3-7-14(15)22-18/h3-5,7-9,12H,6,10-11H2,1-2H3. The van der Waals surface area contributed by atoms with Gasteiger partial charge in [0, 0.05) is 25.0 Å². The van der Waals surface area contributed by atoms with Gasteiger partial charge in [-0.05, 0) is 37.6 Å². The molecule has 4 aromatic rings. The highest BCUT2D eigenvalue weighted by atomic mass is 32.1. The van der Waals surface area contributed by atoms with E-state index < -0.39 is 0 Å². The third-order valence-corrected chi connectivity index (χ3v) is 5.99. The first-order valence-corrected chi connectivity index (χ1v) is 10.2. The number of carbonyl (C=O) groups is 1. The monoisotopic (exact) mass is 405 g/mol. The zero-order valence-electron chi connectivity index (χ0n) is 16.1. The lowest BCUT2D eigenvalue weighted by Crippen LogP contribution is -2.33. The molecule has 1 amide bonds. The Labute approximate surface area is 171 Å². The van der Waals surface area contributed by atoms with E-state index in [-0.39, 0.29) is 5.91 Å². The van der Waals surface area contributed by atoms with Gasteiger partial charge in [0.05, 0.1) is 17.3 Å². The van der Waals surface area contributed by atoms with Crippen molar-refractivity contribution in [3.05, 3.63) is 53.2 Å². The first-order chi connectivity index (χ1) is 14.1. The zero-order chi connectivity index (χ0) is 20.0. The minimum absolute atomic E-state index is 0.155. The molecule has 29 heavy (non-hydrogen) atoms. The van der Waals surface area contributed by atoms with Gasteiger partial charge in [0.2, 0.25) is 0 Å². The first-order valence-electron chi connectivity index (χ1n) is 9.43. The van der Waals surface area contributed by atoms with Crippen LogP contribution in [0.2, 0.25) is 0 Å². The van der Waals surface area contributed by atoms with E-state index in [1.54, 1.807) is 11.2 Å². The lowest BCUT2D eigenvalue weighted by Gasteiger charge is -2.22. The van der Waals surface area contributed by atoms with Gasteiger partial charge in [-0.25, -0.2) is 15.0 Å². The highest BCUT2D eigenvalue weighted by Crippen LogP contribution is 2.33. The number of thiazole rings is 1. The van der Waals surface area contributed by atoms with Gasteiger partial charge < -0.3 is 9.32 Å². The molecular formula is C21H19N5O2S. The van der Waals surface area contributed by atoms with E-state index in [0.29, 0.717) is 34.6 Å². The summed E-state index contributed by atoms with van der Waals surface area (Å²) in [6.45, 7) is 3.28. The van der Waals surface area contributed by atoms with Crippen LogP contribution in [0.3, 0.4) is 0 Å². The van der Waals surface area contributed by atoms with Gasteiger partial charge in [-0.15, -0.1) is 11.3 Å². The summed E-state index contributed by atoms with van der Waals surface area (Å²) >= 11 is 1.46. The Balaban J connectivity index is 1.60. The second-order valence-electron chi connectivity index (χ2n) is 6.99. The van der Waals surface area contributed by atoms with Crippen molar-refractivity contribution in [2.45, 2.75) is 13.3 Å². The molecule has 0 radical (unpaired) electrons. The maximum Gasteiger partial charge on any atom is 0.279 e. The molecule has 8 heteroatoms. The third-order valence-electron chi connectivity index (χ3n) is 5.00. The molecule has 0 saturated carbocycles. The molecule has 0 unspecified atom stereocenters. The molecular weight excluding hydrogens is 386 g/mol. The summed E-state index contributed by atoms with van der Waals surface area (Å²) in [5, 5.41) is 0.701. The Morgan fingerprint density at radius 1 is 1.03 bits per heavy atom. The van der Waals surface area contributed by atoms with Crippen LogP contribution < -0.4 is 9.80 Å². The average Bonchev–Trinajstić information content (AvgIpc) is 3.36. The summed E-state index contributed by atoms with van der Waals surface area (Å²) in [4.78, 5) is 32.3. The van der Waals surface area contributed by atoms with Gasteiger partial charge in [-0.1, -0.05) is 12.1 Å². The number of fused-ring (bicyclic) bond motifs is 2. The van der Waals surface area contributed by atoms with Crippen LogP contribution in [-0.2, 0) is 0 Å². The van der Waals surface area contributed by atoms with Gasteiger partial charge >= 0.3 is 0 Å². The number of furan rings is 1. The van der Waals surface area contributed by atoms with Crippen molar-refractivity contribution < 1.29 is 9.21 Å². The van der Waals surface area contributed by atoms with Crippen molar-refractivity contribution in [3.63, 3.8) is 0 Å². The number of anilines is 2. The molecule has 1 aliphatic heterocycles. The van der Waals surface area contributed by atoms with Crippen molar-refractivity contribution in [1.29, 1.82) is 0 Å². The number of para-hydroxylation sites is 2. The number of rotatable bonds is 2. The maximum absolute atomic E-state index is 13.5. The molecule has 7 nitrogen and oxygen atoms in total. The minimum Gasteiger partial charge on any atom is -0.462 e. The second-order valence-corrected chi connectivity index (χ2v) is 8.20. The second kappa shape index (κ2) is 6.97. The topological polar surface area (TPSA) is 75.4 Å². The van der Waals surface area contributed by atoms with Crippen LogP contribution in [0.5, 0.6) is 0 Å². The molecule has 0 atom stereocenters. The molecule has 1 aliphatic rings. The first kappa shape index (κ1) is 17.8. The summed E-state index contributed by atoms with van der Waals surface area (Å²) in [6.07, 6.45) is 2.43. The molecule has 5 rings (SSSR count). The van der Waals surface area contributed by atoms with Crippen LogP contribution in [0, 0.1) is 6.92 Å². The highest BCUT2D eigenvalue weighted by molar-refractivity contribution is 7.15. The van der Waals surface area contributed by atoms with E-state index in [1.165, 1.54) is 11.3 Å². The van der Waals surface area contributed by atoms with E-state index in [4.69, 9.17) is 14.4 Å². The number of amides is 1. The number of hydrogen-bond acceptors (Lipinski definition) is 7. The van der Waals surface area contributed by atoms with Gasteiger partial charge in [0.25, 0.3) is 5.91 Å². The highest BCUT2D eigenvalue weighted by Gasteiger charge is 2.30. The average molecular weight is 405 g/mol. The molecule has 1 aromatic carbocycles. The van der Waals surface area contributed by atoms with Crippen LogP contribution in [0.15, 0.2) is 47.1 Å². The Morgan fingerprint density at radius 3 is 2.52 bits per heavy atom. The fourth-order valence-electron chi connectivity index (χ4n) is 3.52. The molecule has 0 N–H and O–H groups in total. The zero-order valence-corrected chi connectivity index (χ0v) is 16.9. The predicted octanol–water partition coefficient (Wildman–Crippen LogP) is 4.14. The fourth-order valence-corrected chi connectivity index (χ4v) is 4.40. The van der Waals surface area contributed by atoms with Crippen molar-refractivity contribution in [3.8, 4) is 10.8 Å². The third kappa shape index (κ3) is 3.05. The normalized spacial score (nSPS) is 14.1. The van der Waals surface area contributed by atoms with E-state index >= 15 is 0 Å². The van der Waals surface area contributed by atoms with Gasteiger partial charge in [-0.2, -0.15) is 0 Å². The van der Waals surface area contributed by atoms with E-state index in [9.17, 15) is 4.79 Å². The molecule has 0 aliphatic carbocycles. The van der Waals surface area contributed by atoms with Crippen LogP contribution in [-0.4, -0.2) is 41.0 Å². The lowest BCUT2D eigenvalue weighted by molar-refractivity contribution is 0.0982. The van der Waals surface area contributed by atoms with Gasteiger partial charge in [0.15, 0.2) is 22.4 Å². The summed E-state index contributed by atoms with van der Waals surface area (Å²) in [6, 6.07) is 11.4. The lowest BCUT2D eigenvalue weighted by atomic mass is 10.2. The number of aromatic nitrogens is 3. The SMILES string of the molecule is Cc1sc(-c2ccco2)nc1C(=O)N1CCCN(C)c2nc3ccccc3nc21. The predicted molar refractivity (Wildman–Crippen MR) is 114 cm³/mol. The fraction of sp³-hybridized carbons (Fsp3) is 0.238. The Kier molecular flexibility index (Phi) is 4.28. The molecule has 0 saturated heterocycles. The largest absolute Gasteiger partial charge is 0.462 e. The van der Waals surface area contributed by atoms with Crippen molar-refractivity contribution >= 4 is 39.9 Å². The number of nitrogens with zero attached hydrogens (tertiary/aromatic N) is 5. The number of benzene rings is 1. The Morgan fingerprint density at radius 2 is 1.79 bits per heavy atom. The molecule has 0 bridgehead atoms. The Hall–Kier alpha value is -3.26. The van der Waals surface area contributed by atoms with Crippen LogP contribution in [0.25, 0.3) is 21.8 Å². The van der Waals surface area contributed by atoms with Crippen LogP contribution in [0.4, 0.5) is 11.6 Å².